The van der Waals surface area contributed by atoms with Gasteiger partial charge in [0, 0.05) is 30.2 Å². The molecule has 0 unspecified atom stereocenters. The highest BCUT2D eigenvalue weighted by molar-refractivity contribution is 5.48. The molecule has 0 saturated carbocycles. The van der Waals surface area contributed by atoms with Gasteiger partial charge in [-0.05, 0) is 32.9 Å². The quantitative estimate of drug-likeness (QED) is 0.743. The lowest BCUT2D eigenvalue weighted by Crippen LogP contribution is -2.62. The van der Waals surface area contributed by atoms with Crippen molar-refractivity contribution in [2.24, 2.45) is 0 Å². The molecule has 3 nitrogen and oxygen atoms in total. The van der Waals surface area contributed by atoms with Crippen LogP contribution in [0.1, 0.15) is 18.3 Å². The van der Waals surface area contributed by atoms with Gasteiger partial charge in [0.2, 0.25) is 0 Å². The molecule has 2 heterocycles. The molecular formula is C11H17N3. The Hall–Kier alpha value is -1.09. The fourth-order valence-corrected chi connectivity index (χ4v) is 1.84. The molecule has 1 aliphatic rings. The van der Waals surface area contributed by atoms with Crippen LogP contribution in [0.2, 0.25) is 0 Å². The minimum atomic E-state index is 0.222. The second-order valence-corrected chi connectivity index (χ2v) is 4.43. The van der Waals surface area contributed by atoms with Crippen molar-refractivity contribution >= 4 is 5.69 Å². The van der Waals surface area contributed by atoms with Crippen molar-refractivity contribution in [1.29, 1.82) is 0 Å². The summed E-state index contributed by atoms with van der Waals surface area (Å²) in [5.74, 6) is 0. The van der Waals surface area contributed by atoms with E-state index in [9.17, 15) is 0 Å². The molecule has 0 amide bonds. The minimum absolute atomic E-state index is 0.222. The van der Waals surface area contributed by atoms with Gasteiger partial charge in [0.1, 0.15) is 0 Å². The largest absolute Gasteiger partial charge is 0.377 e. The molecule has 1 aromatic rings. The van der Waals surface area contributed by atoms with Gasteiger partial charge in [-0.3, -0.25) is 4.98 Å². The van der Waals surface area contributed by atoms with Crippen LogP contribution < -0.4 is 10.6 Å². The van der Waals surface area contributed by atoms with E-state index in [1.807, 2.05) is 13.8 Å². The SMILES string of the molecule is Cc1cc(NC2(C)CNC2)cc(C)n1. The van der Waals surface area contributed by atoms with E-state index in [0.717, 1.165) is 24.5 Å². The number of anilines is 1. The summed E-state index contributed by atoms with van der Waals surface area (Å²) in [5.41, 5.74) is 3.55. The summed E-state index contributed by atoms with van der Waals surface area (Å²) < 4.78 is 0. The second kappa shape index (κ2) is 3.24. The van der Waals surface area contributed by atoms with E-state index in [1.54, 1.807) is 0 Å². The van der Waals surface area contributed by atoms with Gasteiger partial charge < -0.3 is 10.6 Å². The first kappa shape index (κ1) is 9.46. The number of rotatable bonds is 2. The lowest BCUT2D eigenvalue weighted by molar-refractivity contribution is 0.338. The fourth-order valence-electron chi connectivity index (χ4n) is 1.84. The molecule has 1 aromatic heterocycles. The van der Waals surface area contributed by atoms with E-state index in [2.05, 4.69) is 34.7 Å². The second-order valence-electron chi connectivity index (χ2n) is 4.43. The Balaban J connectivity index is 2.16. The van der Waals surface area contributed by atoms with Crippen LogP contribution in [-0.4, -0.2) is 23.6 Å². The Kier molecular flexibility index (Phi) is 2.19. The zero-order valence-electron chi connectivity index (χ0n) is 9.02. The topological polar surface area (TPSA) is 37.0 Å². The van der Waals surface area contributed by atoms with Crippen molar-refractivity contribution in [3.8, 4) is 0 Å². The van der Waals surface area contributed by atoms with Gasteiger partial charge >= 0.3 is 0 Å². The standard InChI is InChI=1S/C11H17N3/c1-8-4-10(5-9(2)13-8)14-11(3)6-12-7-11/h4-5,12H,6-7H2,1-3H3,(H,13,14). The Morgan fingerprint density at radius 1 is 1.29 bits per heavy atom. The van der Waals surface area contributed by atoms with Gasteiger partial charge in [-0.1, -0.05) is 0 Å². The molecular weight excluding hydrogens is 174 g/mol. The predicted octanol–water partition coefficient (Wildman–Crippen LogP) is 1.47. The Labute approximate surface area is 84.9 Å². The number of hydrogen-bond acceptors (Lipinski definition) is 3. The lowest BCUT2D eigenvalue weighted by Gasteiger charge is -2.41. The Bertz CT molecular complexity index is 322. The molecule has 0 aromatic carbocycles. The number of pyridine rings is 1. The van der Waals surface area contributed by atoms with Crippen LogP contribution in [0.5, 0.6) is 0 Å². The van der Waals surface area contributed by atoms with Gasteiger partial charge in [-0.25, -0.2) is 0 Å². The molecule has 3 heteroatoms. The molecule has 76 valence electrons. The monoisotopic (exact) mass is 191 g/mol. The summed E-state index contributed by atoms with van der Waals surface area (Å²) in [6.45, 7) is 8.36. The molecule has 0 radical (unpaired) electrons. The van der Waals surface area contributed by atoms with Crippen LogP contribution in [0.3, 0.4) is 0 Å². The van der Waals surface area contributed by atoms with Crippen molar-refractivity contribution in [2.45, 2.75) is 26.3 Å². The summed E-state index contributed by atoms with van der Waals surface area (Å²) in [6.07, 6.45) is 0. The van der Waals surface area contributed by atoms with Crippen LogP contribution >= 0.6 is 0 Å². The van der Waals surface area contributed by atoms with Crippen LogP contribution in [0.25, 0.3) is 0 Å². The van der Waals surface area contributed by atoms with Gasteiger partial charge in [0.15, 0.2) is 0 Å². The van der Waals surface area contributed by atoms with Gasteiger partial charge in [-0.2, -0.15) is 0 Å². The summed E-state index contributed by atoms with van der Waals surface area (Å²) in [6, 6.07) is 4.19. The third-order valence-corrected chi connectivity index (χ3v) is 2.56. The summed E-state index contributed by atoms with van der Waals surface area (Å²) >= 11 is 0. The molecule has 0 aliphatic carbocycles. The smallest absolute Gasteiger partial charge is 0.0593 e. The highest BCUT2D eigenvalue weighted by Gasteiger charge is 2.31. The van der Waals surface area contributed by atoms with E-state index in [4.69, 9.17) is 0 Å². The number of nitrogens with zero attached hydrogens (tertiary/aromatic N) is 1. The Morgan fingerprint density at radius 2 is 1.86 bits per heavy atom. The highest BCUT2D eigenvalue weighted by atomic mass is 15.1. The maximum Gasteiger partial charge on any atom is 0.0593 e. The third-order valence-electron chi connectivity index (χ3n) is 2.56. The van der Waals surface area contributed by atoms with Crippen molar-refractivity contribution in [1.82, 2.24) is 10.3 Å². The van der Waals surface area contributed by atoms with E-state index in [1.165, 1.54) is 5.69 Å². The molecule has 0 spiro atoms. The number of aromatic nitrogens is 1. The van der Waals surface area contributed by atoms with Crippen molar-refractivity contribution in [3.05, 3.63) is 23.5 Å². The van der Waals surface area contributed by atoms with Gasteiger partial charge in [0.25, 0.3) is 0 Å². The molecule has 14 heavy (non-hydrogen) atoms. The first-order valence-corrected chi connectivity index (χ1v) is 5.02. The maximum atomic E-state index is 4.35. The molecule has 0 atom stereocenters. The zero-order valence-corrected chi connectivity index (χ0v) is 9.02. The average molecular weight is 191 g/mol. The molecule has 1 fully saturated rings. The molecule has 1 saturated heterocycles. The van der Waals surface area contributed by atoms with Crippen molar-refractivity contribution < 1.29 is 0 Å². The third kappa shape index (κ3) is 1.87. The van der Waals surface area contributed by atoms with Crippen LogP contribution in [0, 0.1) is 13.8 Å². The summed E-state index contributed by atoms with van der Waals surface area (Å²) in [7, 11) is 0. The minimum Gasteiger partial charge on any atom is -0.377 e. The van der Waals surface area contributed by atoms with Crippen LogP contribution in [-0.2, 0) is 0 Å². The van der Waals surface area contributed by atoms with Crippen molar-refractivity contribution in [2.75, 3.05) is 18.4 Å². The number of aryl methyl sites for hydroxylation is 2. The van der Waals surface area contributed by atoms with Crippen molar-refractivity contribution in [3.63, 3.8) is 0 Å². The molecule has 2 rings (SSSR count). The predicted molar refractivity (Wildman–Crippen MR) is 58.6 cm³/mol. The zero-order chi connectivity index (χ0) is 10.2. The van der Waals surface area contributed by atoms with Gasteiger partial charge in [0.05, 0.1) is 5.54 Å². The maximum absolute atomic E-state index is 4.35. The summed E-state index contributed by atoms with van der Waals surface area (Å²) in [4.78, 5) is 4.35. The summed E-state index contributed by atoms with van der Waals surface area (Å²) in [5, 5.41) is 6.81. The van der Waals surface area contributed by atoms with Crippen LogP contribution in [0.4, 0.5) is 5.69 Å². The van der Waals surface area contributed by atoms with E-state index < -0.39 is 0 Å². The van der Waals surface area contributed by atoms with Crippen LogP contribution in [0.15, 0.2) is 12.1 Å². The van der Waals surface area contributed by atoms with E-state index in [-0.39, 0.29) is 5.54 Å². The highest BCUT2D eigenvalue weighted by Crippen LogP contribution is 2.19. The normalized spacial score (nSPS) is 18.8. The molecule has 1 aliphatic heterocycles. The van der Waals surface area contributed by atoms with Gasteiger partial charge in [-0.15, -0.1) is 0 Å². The first-order chi connectivity index (χ1) is 6.57. The van der Waals surface area contributed by atoms with E-state index >= 15 is 0 Å². The first-order valence-electron chi connectivity index (χ1n) is 5.02. The molecule has 0 bridgehead atoms. The molecule has 2 N–H and O–H groups in total. The lowest BCUT2D eigenvalue weighted by atomic mass is 9.95. The average Bonchev–Trinajstić information content (AvgIpc) is 1.99. The number of nitrogens with one attached hydrogen (secondary N) is 2. The fraction of sp³-hybridized carbons (Fsp3) is 0.545. The van der Waals surface area contributed by atoms with E-state index in [0.29, 0.717) is 0 Å². The number of hydrogen-bond donors (Lipinski definition) is 2. The Morgan fingerprint density at radius 3 is 2.29 bits per heavy atom.